The van der Waals surface area contributed by atoms with E-state index in [-0.39, 0.29) is 23.8 Å². The molecule has 2 atom stereocenters. The lowest BCUT2D eigenvalue weighted by atomic mass is 10.2. The molecule has 1 aliphatic heterocycles. The van der Waals surface area contributed by atoms with Crippen LogP contribution in [-0.4, -0.2) is 22.3 Å². The number of benzene rings is 1. The summed E-state index contributed by atoms with van der Waals surface area (Å²) in [5, 5.41) is 0. The maximum atomic E-state index is 11.8. The summed E-state index contributed by atoms with van der Waals surface area (Å²) >= 11 is 0. The smallest absolute Gasteiger partial charge is 0.351 e. The van der Waals surface area contributed by atoms with Crippen LogP contribution in [0, 0.1) is 0 Å². The summed E-state index contributed by atoms with van der Waals surface area (Å²) in [5.74, 6) is 0.224. The van der Waals surface area contributed by atoms with Crippen LogP contribution in [0.15, 0.2) is 60.5 Å². The topological polar surface area (TPSA) is 79.4 Å². The van der Waals surface area contributed by atoms with Crippen LogP contribution in [0.4, 0.5) is 5.82 Å². The number of ether oxygens (including phenoxy) is 2. The lowest BCUT2D eigenvalue weighted by molar-refractivity contribution is -0.0462. The quantitative estimate of drug-likeness (QED) is 0.853. The van der Waals surface area contributed by atoms with Crippen molar-refractivity contribution in [2.24, 2.45) is 0 Å². The molecule has 1 aromatic carbocycles. The van der Waals surface area contributed by atoms with Crippen LogP contribution in [0.5, 0.6) is 0 Å². The molecule has 128 valence electrons. The molecule has 1 aliphatic rings. The molecule has 6 heteroatoms. The van der Waals surface area contributed by atoms with Crippen LogP contribution < -0.4 is 11.4 Å². The van der Waals surface area contributed by atoms with Crippen molar-refractivity contribution in [2.45, 2.75) is 31.8 Å². The third-order valence-electron chi connectivity index (χ3n) is 3.66. The number of anilines is 1. The molecule has 0 radical (unpaired) electrons. The lowest BCUT2D eigenvalue weighted by Gasteiger charge is -2.15. The monoisotopic (exact) mass is 329 g/mol. The highest BCUT2D eigenvalue weighted by atomic mass is 16.5. The maximum absolute atomic E-state index is 11.8. The molecule has 1 aromatic heterocycles. The molecule has 0 amide bonds. The molecular formula is C18H23N3O3. The van der Waals surface area contributed by atoms with E-state index in [1.54, 1.807) is 12.3 Å². The van der Waals surface area contributed by atoms with E-state index in [2.05, 4.69) is 18.1 Å². The van der Waals surface area contributed by atoms with E-state index >= 15 is 0 Å². The van der Waals surface area contributed by atoms with E-state index in [0.717, 1.165) is 18.4 Å². The van der Waals surface area contributed by atoms with Gasteiger partial charge in [-0.15, -0.1) is 13.2 Å². The average molecular weight is 329 g/mol. The van der Waals surface area contributed by atoms with Gasteiger partial charge in [-0.05, 0) is 24.5 Å². The van der Waals surface area contributed by atoms with Crippen LogP contribution in [-0.2, 0) is 16.1 Å². The van der Waals surface area contributed by atoms with Gasteiger partial charge in [0.05, 0.1) is 19.3 Å². The zero-order valence-electron chi connectivity index (χ0n) is 13.6. The minimum atomic E-state index is -0.379. The summed E-state index contributed by atoms with van der Waals surface area (Å²) in [4.78, 5) is 15.5. The Morgan fingerprint density at radius 2 is 2.00 bits per heavy atom. The van der Waals surface area contributed by atoms with Crippen LogP contribution in [0.1, 0.15) is 24.6 Å². The Bertz CT molecular complexity index is 687. The third-order valence-corrected chi connectivity index (χ3v) is 3.66. The van der Waals surface area contributed by atoms with E-state index in [1.807, 2.05) is 30.3 Å². The molecule has 2 unspecified atom stereocenters. The Morgan fingerprint density at radius 3 is 2.71 bits per heavy atom. The molecule has 1 saturated heterocycles. The van der Waals surface area contributed by atoms with Gasteiger partial charge in [0.2, 0.25) is 0 Å². The van der Waals surface area contributed by atoms with Gasteiger partial charge in [0.15, 0.2) is 0 Å². The zero-order valence-corrected chi connectivity index (χ0v) is 13.6. The molecule has 24 heavy (non-hydrogen) atoms. The van der Waals surface area contributed by atoms with Gasteiger partial charge < -0.3 is 15.2 Å². The number of nitrogens with zero attached hydrogens (tertiary/aromatic N) is 2. The molecule has 0 aliphatic carbocycles. The zero-order chi connectivity index (χ0) is 17.4. The standard InChI is InChI=1S/C16H19N3O3.C2H4/c17-14-8-9-19(16(20)18-14)15-7-6-13(22-15)11-21-10-12-4-2-1-3-5-12;1-2/h1-5,8-9,13,15H,6-7,10-11H2,(H2,17,18,20);1-2H2. The van der Waals surface area contributed by atoms with Crippen LogP contribution in [0.3, 0.4) is 0 Å². The first-order valence-corrected chi connectivity index (χ1v) is 7.84. The number of nitrogen functional groups attached to an aromatic ring is 1. The minimum Gasteiger partial charge on any atom is -0.383 e. The molecule has 2 aromatic rings. The largest absolute Gasteiger partial charge is 0.383 e. The van der Waals surface area contributed by atoms with Gasteiger partial charge in [0, 0.05) is 6.20 Å². The fourth-order valence-corrected chi connectivity index (χ4v) is 2.54. The summed E-state index contributed by atoms with van der Waals surface area (Å²) < 4.78 is 13.0. The van der Waals surface area contributed by atoms with Gasteiger partial charge in [0.25, 0.3) is 0 Å². The van der Waals surface area contributed by atoms with E-state index in [1.165, 1.54) is 4.57 Å². The molecule has 3 rings (SSSR count). The van der Waals surface area contributed by atoms with Gasteiger partial charge in [-0.2, -0.15) is 4.98 Å². The van der Waals surface area contributed by atoms with Crippen molar-refractivity contribution in [2.75, 3.05) is 12.3 Å². The van der Waals surface area contributed by atoms with Gasteiger partial charge in [-0.1, -0.05) is 30.3 Å². The number of rotatable bonds is 5. The fourth-order valence-electron chi connectivity index (χ4n) is 2.54. The Balaban J connectivity index is 0.00000100. The highest BCUT2D eigenvalue weighted by Gasteiger charge is 2.27. The first-order chi connectivity index (χ1) is 11.7. The number of hydrogen-bond donors (Lipinski definition) is 1. The Hall–Kier alpha value is -2.44. The third kappa shape index (κ3) is 4.78. The Labute approximate surface area is 141 Å². The molecule has 2 heterocycles. The van der Waals surface area contributed by atoms with E-state index < -0.39 is 0 Å². The van der Waals surface area contributed by atoms with Crippen molar-refractivity contribution in [3.05, 3.63) is 71.8 Å². The van der Waals surface area contributed by atoms with Crippen LogP contribution in [0.2, 0.25) is 0 Å². The molecular weight excluding hydrogens is 306 g/mol. The molecule has 0 saturated carbocycles. The second-order valence-electron chi connectivity index (χ2n) is 5.33. The Morgan fingerprint density at radius 1 is 1.25 bits per heavy atom. The van der Waals surface area contributed by atoms with Crippen molar-refractivity contribution in [1.29, 1.82) is 0 Å². The fraction of sp³-hybridized carbons (Fsp3) is 0.333. The summed E-state index contributed by atoms with van der Waals surface area (Å²) in [7, 11) is 0. The maximum Gasteiger partial charge on any atom is 0.351 e. The minimum absolute atomic E-state index is 0.00170. The van der Waals surface area contributed by atoms with Crippen molar-refractivity contribution >= 4 is 5.82 Å². The molecule has 1 fully saturated rings. The van der Waals surface area contributed by atoms with Crippen LogP contribution in [0.25, 0.3) is 0 Å². The number of nitrogens with two attached hydrogens (primary N) is 1. The second-order valence-corrected chi connectivity index (χ2v) is 5.33. The summed E-state index contributed by atoms with van der Waals surface area (Å²) in [6, 6.07) is 11.6. The van der Waals surface area contributed by atoms with Gasteiger partial charge in [-0.25, -0.2) is 4.79 Å². The summed E-state index contributed by atoms with van der Waals surface area (Å²) in [6.07, 6.45) is 2.97. The molecule has 6 nitrogen and oxygen atoms in total. The average Bonchev–Trinajstić information content (AvgIpc) is 3.06. The van der Waals surface area contributed by atoms with Crippen molar-refractivity contribution in [1.82, 2.24) is 9.55 Å². The van der Waals surface area contributed by atoms with Crippen molar-refractivity contribution in [3.8, 4) is 0 Å². The SMILES string of the molecule is C=C.Nc1ccn(C2CCC(COCc3ccccc3)O2)c(=O)n1. The molecule has 0 bridgehead atoms. The predicted octanol–water partition coefficient (Wildman–Crippen LogP) is 2.52. The lowest BCUT2D eigenvalue weighted by Crippen LogP contribution is -2.27. The van der Waals surface area contributed by atoms with Gasteiger partial charge in [0.1, 0.15) is 12.0 Å². The molecule has 0 spiro atoms. The number of hydrogen-bond acceptors (Lipinski definition) is 5. The van der Waals surface area contributed by atoms with E-state index in [9.17, 15) is 4.79 Å². The summed E-state index contributed by atoms with van der Waals surface area (Å²) in [5.41, 5.74) is 6.25. The van der Waals surface area contributed by atoms with Crippen molar-refractivity contribution in [3.63, 3.8) is 0 Å². The highest BCUT2D eigenvalue weighted by molar-refractivity contribution is 5.23. The normalized spacial score (nSPS) is 19.5. The first-order valence-electron chi connectivity index (χ1n) is 7.84. The summed E-state index contributed by atoms with van der Waals surface area (Å²) in [6.45, 7) is 7.08. The Kier molecular flexibility index (Phi) is 6.72. The first kappa shape index (κ1) is 17.9. The highest BCUT2D eigenvalue weighted by Crippen LogP contribution is 2.27. The van der Waals surface area contributed by atoms with Gasteiger partial charge >= 0.3 is 5.69 Å². The van der Waals surface area contributed by atoms with Crippen molar-refractivity contribution < 1.29 is 9.47 Å². The van der Waals surface area contributed by atoms with Gasteiger partial charge in [-0.3, -0.25) is 4.57 Å². The molecule has 2 N–H and O–H groups in total. The van der Waals surface area contributed by atoms with E-state index in [0.29, 0.717) is 13.2 Å². The predicted molar refractivity (Wildman–Crippen MR) is 93.4 cm³/mol. The number of aromatic nitrogens is 2. The van der Waals surface area contributed by atoms with Crippen LogP contribution >= 0.6 is 0 Å². The van der Waals surface area contributed by atoms with E-state index in [4.69, 9.17) is 15.2 Å². The second kappa shape index (κ2) is 9.00.